The number of rotatable bonds is 13. The molecule has 0 aromatic heterocycles. The lowest BCUT2D eigenvalue weighted by Crippen LogP contribution is -2.30. The second-order valence-corrected chi connectivity index (χ2v) is 15.5. The summed E-state index contributed by atoms with van der Waals surface area (Å²) in [7, 11) is -1.58. The average Bonchev–Trinajstić information content (AvgIpc) is 2.84. The summed E-state index contributed by atoms with van der Waals surface area (Å²) in [4.78, 5) is 0. The van der Waals surface area contributed by atoms with Gasteiger partial charge in [-0.3, -0.25) is 0 Å². The van der Waals surface area contributed by atoms with Gasteiger partial charge in [0.1, 0.15) is 5.60 Å². The van der Waals surface area contributed by atoms with Gasteiger partial charge in [-0.15, -0.1) is 0 Å². The third-order valence-electron chi connectivity index (χ3n) is 6.06. The zero-order valence-corrected chi connectivity index (χ0v) is 22.4. The molecule has 35 heavy (non-hydrogen) atoms. The Morgan fingerprint density at radius 2 is 1.37 bits per heavy atom. The molecule has 2 N–H and O–H groups in total. The quantitative estimate of drug-likeness (QED) is 0.204. The highest BCUT2D eigenvalue weighted by Gasteiger charge is 2.33. The van der Waals surface area contributed by atoms with Gasteiger partial charge in [-0.1, -0.05) is 122 Å². The summed E-state index contributed by atoms with van der Waals surface area (Å²) in [5, 5.41) is 23.0. The van der Waals surface area contributed by atoms with Crippen LogP contribution in [0, 0.1) is 0 Å². The molecule has 1 atom stereocenters. The Bertz CT molecular complexity index is 988. The minimum Gasteiger partial charge on any atom is -0.393 e. The molecule has 0 bridgehead atoms. The maximum Gasteiger partial charge on any atom is 0.118 e. The zero-order chi connectivity index (χ0) is 25.2. The van der Waals surface area contributed by atoms with E-state index in [4.69, 9.17) is 4.74 Å². The number of benzene rings is 3. The van der Waals surface area contributed by atoms with Crippen molar-refractivity contribution in [1.29, 1.82) is 0 Å². The Hall–Kier alpha value is -2.50. The van der Waals surface area contributed by atoms with Gasteiger partial charge in [0.2, 0.25) is 0 Å². The molecule has 0 heterocycles. The predicted octanol–water partition coefficient (Wildman–Crippen LogP) is 6.86. The van der Waals surface area contributed by atoms with Crippen LogP contribution < -0.4 is 0 Å². The van der Waals surface area contributed by atoms with Crippen molar-refractivity contribution in [3.63, 3.8) is 0 Å². The topological polar surface area (TPSA) is 49.7 Å². The van der Waals surface area contributed by atoms with E-state index in [-0.39, 0.29) is 0 Å². The summed E-state index contributed by atoms with van der Waals surface area (Å²) in [5.74, 6) is 0. The summed E-state index contributed by atoms with van der Waals surface area (Å²) in [6.07, 6.45) is 2.04. The molecule has 0 saturated carbocycles. The van der Waals surface area contributed by atoms with Gasteiger partial charge in [-0.05, 0) is 36.0 Å². The molecular formula is C31H40O3Si. The maximum atomic E-state index is 12.1. The van der Waals surface area contributed by atoms with Crippen LogP contribution in [0.2, 0.25) is 19.6 Å². The lowest BCUT2D eigenvalue weighted by atomic mass is 9.80. The minimum absolute atomic E-state index is 0.464. The molecule has 0 spiro atoms. The van der Waals surface area contributed by atoms with Crippen molar-refractivity contribution in [2.45, 2.75) is 63.6 Å². The predicted molar refractivity (Wildman–Crippen MR) is 148 cm³/mol. The smallest absolute Gasteiger partial charge is 0.118 e. The molecule has 0 fully saturated rings. The largest absolute Gasteiger partial charge is 0.393 e. The van der Waals surface area contributed by atoms with Crippen LogP contribution in [-0.2, 0) is 16.9 Å². The molecule has 0 saturated heterocycles. The molecule has 0 aliphatic heterocycles. The first-order valence-electron chi connectivity index (χ1n) is 12.6. The monoisotopic (exact) mass is 488 g/mol. The van der Waals surface area contributed by atoms with Crippen LogP contribution in [0.4, 0.5) is 0 Å². The Kier molecular flexibility index (Phi) is 10.1. The second-order valence-electron chi connectivity index (χ2n) is 10.5. The molecule has 3 rings (SSSR count). The van der Waals surface area contributed by atoms with Gasteiger partial charge >= 0.3 is 0 Å². The molecule has 186 valence electrons. The van der Waals surface area contributed by atoms with Gasteiger partial charge in [0.25, 0.3) is 0 Å². The van der Waals surface area contributed by atoms with E-state index in [1.807, 2.05) is 78.9 Å². The lowest BCUT2D eigenvalue weighted by molar-refractivity contribution is 0.0745. The van der Waals surface area contributed by atoms with Crippen molar-refractivity contribution >= 4 is 8.07 Å². The van der Waals surface area contributed by atoms with Crippen LogP contribution >= 0.6 is 0 Å². The first-order chi connectivity index (χ1) is 16.8. The minimum atomic E-state index is -1.58. The van der Waals surface area contributed by atoms with E-state index in [0.717, 1.165) is 28.7 Å². The van der Waals surface area contributed by atoms with Gasteiger partial charge in [0, 0.05) is 13.0 Å². The fourth-order valence-electron chi connectivity index (χ4n) is 4.51. The van der Waals surface area contributed by atoms with Gasteiger partial charge in [-0.2, -0.15) is 0 Å². The van der Waals surface area contributed by atoms with E-state index in [0.29, 0.717) is 32.5 Å². The van der Waals surface area contributed by atoms with Crippen molar-refractivity contribution in [2.24, 2.45) is 0 Å². The number of hydrogen-bond acceptors (Lipinski definition) is 3. The zero-order valence-electron chi connectivity index (χ0n) is 21.4. The van der Waals surface area contributed by atoms with E-state index < -0.39 is 19.8 Å². The van der Waals surface area contributed by atoms with Crippen molar-refractivity contribution in [3.8, 4) is 0 Å². The normalized spacial score (nSPS) is 13.6. The first-order valence-corrected chi connectivity index (χ1v) is 16.2. The van der Waals surface area contributed by atoms with Crippen molar-refractivity contribution in [1.82, 2.24) is 0 Å². The molecule has 0 aliphatic carbocycles. The molecular weight excluding hydrogens is 448 g/mol. The molecule has 3 aromatic rings. The third kappa shape index (κ3) is 8.90. The van der Waals surface area contributed by atoms with Crippen LogP contribution in [0.15, 0.2) is 102 Å². The SMILES string of the molecule is C[Si](C)(C)/C=C(/CC(O)CCCOCc1ccccc1)CC(O)(c1ccccc1)c1ccccc1. The highest BCUT2D eigenvalue weighted by Crippen LogP contribution is 2.37. The van der Waals surface area contributed by atoms with Crippen LogP contribution in [0.3, 0.4) is 0 Å². The fraction of sp³-hybridized carbons (Fsp3) is 0.355. The Morgan fingerprint density at radius 3 is 1.89 bits per heavy atom. The summed E-state index contributed by atoms with van der Waals surface area (Å²) in [6, 6.07) is 29.9. The van der Waals surface area contributed by atoms with E-state index in [2.05, 4.69) is 37.5 Å². The molecule has 1 unspecified atom stereocenters. The summed E-state index contributed by atoms with van der Waals surface area (Å²) in [6.45, 7) is 8.10. The summed E-state index contributed by atoms with van der Waals surface area (Å²) in [5.41, 5.74) is 5.23. The van der Waals surface area contributed by atoms with Crippen LogP contribution in [-0.4, -0.2) is 31.0 Å². The fourth-order valence-corrected chi connectivity index (χ4v) is 5.96. The van der Waals surface area contributed by atoms with E-state index in [9.17, 15) is 10.2 Å². The third-order valence-corrected chi connectivity index (χ3v) is 7.33. The van der Waals surface area contributed by atoms with Crippen LogP contribution in [0.25, 0.3) is 0 Å². The summed E-state index contributed by atoms with van der Waals surface area (Å²) >= 11 is 0. The molecule has 3 nitrogen and oxygen atoms in total. The van der Waals surface area contributed by atoms with Gasteiger partial charge < -0.3 is 14.9 Å². The number of ether oxygens (including phenoxy) is 1. The second kappa shape index (κ2) is 13.0. The van der Waals surface area contributed by atoms with Crippen LogP contribution in [0.5, 0.6) is 0 Å². The van der Waals surface area contributed by atoms with E-state index >= 15 is 0 Å². The first kappa shape index (κ1) is 27.1. The highest BCUT2D eigenvalue weighted by atomic mass is 28.3. The van der Waals surface area contributed by atoms with E-state index in [1.54, 1.807) is 0 Å². The molecule has 3 aromatic carbocycles. The van der Waals surface area contributed by atoms with Crippen molar-refractivity contribution in [2.75, 3.05) is 6.61 Å². The Morgan fingerprint density at radius 1 is 0.857 bits per heavy atom. The molecule has 0 aliphatic rings. The van der Waals surface area contributed by atoms with Crippen molar-refractivity contribution < 1.29 is 14.9 Å². The Labute approximate surface area is 212 Å². The van der Waals surface area contributed by atoms with Crippen molar-refractivity contribution in [3.05, 3.63) is 119 Å². The number of aliphatic hydroxyl groups excluding tert-OH is 1. The number of hydrogen-bond donors (Lipinski definition) is 2. The Balaban J connectivity index is 1.68. The highest BCUT2D eigenvalue weighted by molar-refractivity contribution is 6.81. The van der Waals surface area contributed by atoms with Gasteiger partial charge in [-0.25, -0.2) is 0 Å². The summed E-state index contributed by atoms with van der Waals surface area (Å²) < 4.78 is 5.79. The molecule has 0 radical (unpaired) electrons. The standard InChI is InChI=1S/C31H40O3Si/c1-35(2,3)25-27(22-30(32)20-13-21-34-24-26-14-7-4-8-15-26)23-31(33,28-16-9-5-10-17-28)29-18-11-6-12-19-29/h4-12,14-19,25,30,32-33H,13,20-24H2,1-3H3/b27-25-. The molecule has 4 heteroatoms. The maximum absolute atomic E-state index is 12.1. The average molecular weight is 489 g/mol. The van der Waals surface area contributed by atoms with E-state index in [1.165, 1.54) is 0 Å². The number of aliphatic hydroxyl groups is 2. The molecule has 0 amide bonds. The van der Waals surface area contributed by atoms with Gasteiger partial charge in [0.15, 0.2) is 0 Å². The van der Waals surface area contributed by atoms with Gasteiger partial charge in [0.05, 0.1) is 20.8 Å². The van der Waals surface area contributed by atoms with Crippen LogP contribution in [0.1, 0.15) is 42.4 Å². The lowest BCUT2D eigenvalue weighted by Gasteiger charge is -2.32.